The van der Waals surface area contributed by atoms with E-state index in [2.05, 4.69) is 4.98 Å². The Labute approximate surface area is 114 Å². The normalized spacial score (nSPS) is 9.80. The molecular weight excluding hydrogens is 260 g/mol. The molecule has 1 aromatic carbocycles. The monoisotopic (exact) mass is 270 g/mol. The van der Waals surface area contributed by atoms with Crippen LogP contribution in [-0.4, -0.2) is 9.91 Å². The zero-order valence-electron chi connectivity index (χ0n) is 10.3. The lowest BCUT2D eigenvalue weighted by Crippen LogP contribution is -1.98. The molecule has 2 rings (SSSR count). The molecule has 0 aliphatic carbocycles. The average molecular weight is 270 g/mol. The molecule has 0 aliphatic rings. The van der Waals surface area contributed by atoms with Crippen LogP contribution in [0.2, 0.25) is 0 Å². The van der Waals surface area contributed by atoms with Gasteiger partial charge in [-0.3, -0.25) is 10.1 Å². The van der Waals surface area contributed by atoms with Gasteiger partial charge in [0.25, 0.3) is 5.69 Å². The quantitative estimate of drug-likeness (QED) is 0.672. The molecule has 0 radical (unpaired) electrons. The summed E-state index contributed by atoms with van der Waals surface area (Å²) in [4.78, 5) is 13.8. The number of nitrogens with zero attached hydrogens (tertiary/aromatic N) is 3. The van der Waals surface area contributed by atoms with Crippen molar-refractivity contribution in [3.8, 4) is 17.7 Å². The van der Waals surface area contributed by atoms with Crippen LogP contribution in [0.4, 0.5) is 5.69 Å². The Morgan fingerprint density at radius 3 is 2.90 bits per heavy atom. The maximum absolute atomic E-state index is 10.6. The molecule has 100 valence electrons. The smallest absolute Gasteiger partial charge is 0.289 e. The van der Waals surface area contributed by atoms with E-state index in [1.165, 1.54) is 0 Å². The fourth-order valence-electron chi connectivity index (χ4n) is 1.55. The molecule has 1 heterocycles. The summed E-state index contributed by atoms with van der Waals surface area (Å²) in [7, 11) is 0. The van der Waals surface area contributed by atoms with Crippen molar-refractivity contribution in [1.29, 1.82) is 5.26 Å². The number of benzene rings is 1. The van der Waals surface area contributed by atoms with Crippen LogP contribution in [0.25, 0.3) is 0 Å². The van der Waals surface area contributed by atoms with Gasteiger partial charge < -0.3 is 10.5 Å². The van der Waals surface area contributed by atoms with Gasteiger partial charge >= 0.3 is 0 Å². The summed E-state index contributed by atoms with van der Waals surface area (Å²) in [6, 6.07) is 9.93. The number of hydrogen-bond acceptors (Lipinski definition) is 6. The van der Waals surface area contributed by atoms with E-state index in [0.29, 0.717) is 12.3 Å². The highest BCUT2D eigenvalue weighted by atomic mass is 16.6. The van der Waals surface area contributed by atoms with Gasteiger partial charge in [0.05, 0.1) is 4.92 Å². The first kappa shape index (κ1) is 13.5. The van der Waals surface area contributed by atoms with E-state index in [4.69, 9.17) is 15.7 Å². The summed E-state index contributed by atoms with van der Waals surface area (Å²) in [5.74, 6) is 0.484. The first-order chi connectivity index (χ1) is 9.63. The maximum Gasteiger partial charge on any atom is 0.289 e. The average Bonchev–Trinajstić information content (AvgIpc) is 2.47. The van der Waals surface area contributed by atoms with E-state index in [-0.39, 0.29) is 17.1 Å². The van der Waals surface area contributed by atoms with E-state index >= 15 is 0 Å². The highest BCUT2D eigenvalue weighted by Crippen LogP contribution is 2.26. The van der Waals surface area contributed by atoms with E-state index in [1.807, 2.05) is 12.1 Å². The number of nitrogens with two attached hydrogens (primary N) is 1. The van der Waals surface area contributed by atoms with Gasteiger partial charge in [0.15, 0.2) is 0 Å². The van der Waals surface area contributed by atoms with Crippen LogP contribution < -0.4 is 10.5 Å². The number of aromatic nitrogens is 1. The third-order valence-electron chi connectivity index (χ3n) is 2.52. The lowest BCUT2D eigenvalue weighted by molar-refractivity contribution is -0.385. The van der Waals surface area contributed by atoms with Gasteiger partial charge in [0.1, 0.15) is 23.6 Å². The fraction of sp³-hybridized carbons (Fsp3) is 0.0769. The predicted molar refractivity (Wildman–Crippen MR) is 70.0 cm³/mol. The Morgan fingerprint density at radius 1 is 1.45 bits per heavy atom. The molecule has 7 nitrogen and oxygen atoms in total. The Kier molecular flexibility index (Phi) is 3.88. The Hall–Kier alpha value is -2.98. The molecule has 20 heavy (non-hydrogen) atoms. The van der Waals surface area contributed by atoms with Crippen LogP contribution in [-0.2, 0) is 6.54 Å². The molecule has 0 saturated carbocycles. The highest BCUT2D eigenvalue weighted by Gasteiger charge is 2.13. The number of nitro groups is 1. The summed E-state index contributed by atoms with van der Waals surface area (Å²) in [5, 5.41) is 19.6. The number of pyridine rings is 1. The van der Waals surface area contributed by atoms with Crippen molar-refractivity contribution in [3.63, 3.8) is 0 Å². The van der Waals surface area contributed by atoms with Crippen LogP contribution >= 0.6 is 0 Å². The maximum atomic E-state index is 10.6. The summed E-state index contributed by atoms with van der Waals surface area (Å²) in [6.07, 6.45) is 1.04. The molecule has 0 spiro atoms. The fourth-order valence-corrected chi connectivity index (χ4v) is 1.55. The van der Waals surface area contributed by atoms with E-state index in [9.17, 15) is 10.1 Å². The molecule has 2 aromatic rings. The Morgan fingerprint density at radius 2 is 2.25 bits per heavy atom. The van der Waals surface area contributed by atoms with Gasteiger partial charge in [0, 0.05) is 12.6 Å². The lowest BCUT2D eigenvalue weighted by atomic mass is 10.2. The molecule has 0 fully saturated rings. The predicted octanol–water partition coefficient (Wildman–Crippen LogP) is 2.11. The van der Waals surface area contributed by atoms with Crippen LogP contribution in [0.5, 0.6) is 11.6 Å². The minimum Gasteiger partial charge on any atom is -0.438 e. The van der Waals surface area contributed by atoms with E-state index in [0.717, 1.165) is 17.8 Å². The highest BCUT2D eigenvalue weighted by molar-refractivity contribution is 5.46. The van der Waals surface area contributed by atoms with Crippen molar-refractivity contribution >= 4 is 5.69 Å². The first-order valence-electron chi connectivity index (χ1n) is 5.65. The molecule has 0 atom stereocenters. The summed E-state index contributed by atoms with van der Waals surface area (Å²) < 4.78 is 5.47. The molecule has 7 heteroatoms. The molecule has 0 unspecified atom stereocenters. The number of nitriles is 1. The SMILES string of the molecule is N#Cc1cc([N+](=O)[O-])cnc1Oc1cccc(CN)c1. The number of hydrogen-bond donors (Lipinski definition) is 1. The summed E-state index contributed by atoms with van der Waals surface area (Å²) in [5.41, 5.74) is 6.12. The van der Waals surface area contributed by atoms with E-state index in [1.54, 1.807) is 18.2 Å². The van der Waals surface area contributed by atoms with Crippen LogP contribution in [0.15, 0.2) is 36.5 Å². The van der Waals surface area contributed by atoms with Gasteiger partial charge in [-0.2, -0.15) is 5.26 Å². The molecule has 0 bridgehead atoms. The van der Waals surface area contributed by atoms with Crippen LogP contribution in [0.3, 0.4) is 0 Å². The zero-order chi connectivity index (χ0) is 14.5. The van der Waals surface area contributed by atoms with Gasteiger partial charge in [-0.1, -0.05) is 12.1 Å². The third kappa shape index (κ3) is 2.88. The third-order valence-corrected chi connectivity index (χ3v) is 2.52. The molecule has 0 amide bonds. The van der Waals surface area contributed by atoms with Gasteiger partial charge in [-0.15, -0.1) is 0 Å². The second kappa shape index (κ2) is 5.77. The first-order valence-corrected chi connectivity index (χ1v) is 5.65. The lowest BCUT2D eigenvalue weighted by Gasteiger charge is -2.07. The van der Waals surface area contributed by atoms with Crippen molar-refractivity contribution in [3.05, 3.63) is 57.8 Å². The minimum absolute atomic E-state index is 0.00245. The minimum atomic E-state index is -0.618. The Bertz CT molecular complexity index is 694. The van der Waals surface area contributed by atoms with Gasteiger partial charge in [0.2, 0.25) is 5.88 Å². The van der Waals surface area contributed by atoms with E-state index < -0.39 is 4.92 Å². The van der Waals surface area contributed by atoms with Crippen molar-refractivity contribution in [2.45, 2.75) is 6.54 Å². The zero-order valence-corrected chi connectivity index (χ0v) is 10.3. The van der Waals surface area contributed by atoms with Crippen molar-refractivity contribution < 1.29 is 9.66 Å². The molecule has 2 N–H and O–H groups in total. The number of ether oxygens (including phenoxy) is 1. The van der Waals surface area contributed by atoms with Gasteiger partial charge in [-0.25, -0.2) is 4.98 Å². The second-order valence-corrected chi connectivity index (χ2v) is 3.87. The molecule has 1 aromatic heterocycles. The summed E-state index contributed by atoms with van der Waals surface area (Å²) >= 11 is 0. The van der Waals surface area contributed by atoms with Crippen molar-refractivity contribution in [1.82, 2.24) is 4.98 Å². The van der Waals surface area contributed by atoms with Crippen LogP contribution in [0.1, 0.15) is 11.1 Å². The molecule has 0 saturated heterocycles. The largest absolute Gasteiger partial charge is 0.438 e. The molecular formula is C13H10N4O3. The van der Waals surface area contributed by atoms with Gasteiger partial charge in [-0.05, 0) is 17.7 Å². The van der Waals surface area contributed by atoms with Crippen molar-refractivity contribution in [2.75, 3.05) is 0 Å². The second-order valence-electron chi connectivity index (χ2n) is 3.87. The standard InChI is InChI=1S/C13H10N4O3/c14-6-9-2-1-3-12(4-9)20-13-10(7-15)5-11(8-16-13)17(18)19/h1-5,8H,6,14H2. The van der Waals surface area contributed by atoms with Crippen LogP contribution in [0, 0.1) is 21.4 Å². The van der Waals surface area contributed by atoms with Crippen molar-refractivity contribution in [2.24, 2.45) is 5.73 Å². The molecule has 0 aliphatic heterocycles. The number of rotatable bonds is 4. The Balaban J connectivity index is 2.33. The topological polar surface area (TPSA) is 115 Å². The summed E-state index contributed by atoms with van der Waals surface area (Å²) in [6.45, 7) is 0.357.